The van der Waals surface area contributed by atoms with Gasteiger partial charge in [-0.2, -0.15) is 0 Å². The van der Waals surface area contributed by atoms with E-state index >= 15 is 0 Å². The monoisotopic (exact) mass is 350 g/mol. The second-order valence-corrected chi connectivity index (χ2v) is 7.29. The van der Waals surface area contributed by atoms with Gasteiger partial charge in [0.15, 0.2) is 0 Å². The molecule has 1 aromatic rings. The Morgan fingerprint density at radius 1 is 1.33 bits per heavy atom. The summed E-state index contributed by atoms with van der Waals surface area (Å²) in [6.07, 6.45) is 3.72. The predicted molar refractivity (Wildman–Crippen MR) is 95.4 cm³/mol. The molecule has 1 aliphatic heterocycles. The molecule has 0 spiro atoms. The minimum atomic E-state index is -0.0556. The Morgan fingerprint density at radius 3 is 2.62 bits per heavy atom. The van der Waals surface area contributed by atoms with Crippen molar-refractivity contribution < 1.29 is 9.59 Å². The molecule has 7 heteroatoms. The Bertz CT molecular complexity index is 633. The molecule has 0 radical (unpaired) electrons. The first-order chi connectivity index (χ1) is 11.3. The van der Waals surface area contributed by atoms with E-state index in [0.717, 1.165) is 29.4 Å². The number of hydrogen-bond donors (Lipinski definition) is 1. The Labute approximate surface area is 147 Å². The molecule has 6 nitrogen and oxygen atoms in total. The molecule has 1 fully saturated rings. The van der Waals surface area contributed by atoms with Crippen LogP contribution in [0.3, 0.4) is 0 Å². The highest BCUT2D eigenvalue weighted by molar-refractivity contribution is 7.98. The average molecular weight is 350 g/mol. The van der Waals surface area contributed by atoms with Gasteiger partial charge in [0.1, 0.15) is 10.9 Å². The molecule has 2 amide bonds. The molecule has 1 unspecified atom stereocenters. The Morgan fingerprint density at radius 2 is 2.04 bits per heavy atom. The van der Waals surface area contributed by atoms with E-state index in [2.05, 4.69) is 15.3 Å². The van der Waals surface area contributed by atoms with Gasteiger partial charge in [-0.15, -0.1) is 11.8 Å². The summed E-state index contributed by atoms with van der Waals surface area (Å²) in [5, 5.41) is 3.65. The van der Waals surface area contributed by atoms with Crippen LogP contribution in [0.15, 0.2) is 5.03 Å². The number of likely N-dealkylation sites (tertiary alicyclic amines) is 1. The van der Waals surface area contributed by atoms with Crippen LogP contribution in [0, 0.1) is 6.92 Å². The predicted octanol–water partition coefficient (Wildman–Crippen LogP) is 2.37. The highest BCUT2D eigenvalue weighted by Crippen LogP contribution is 2.25. The molecular formula is C17H26N4O2S. The van der Waals surface area contributed by atoms with Gasteiger partial charge in [-0.1, -0.05) is 13.8 Å². The Kier molecular flexibility index (Phi) is 6.21. The van der Waals surface area contributed by atoms with Gasteiger partial charge in [0.05, 0.1) is 11.3 Å². The molecule has 0 bridgehead atoms. The van der Waals surface area contributed by atoms with Gasteiger partial charge in [0.25, 0.3) is 5.91 Å². The zero-order chi connectivity index (χ0) is 17.9. The molecule has 1 N–H and O–H groups in total. The largest absolute Gasteiger partial charge is 0.352 e. The molecule has 0 aliphatic carbocycles. The minimum absolute atomic E-state index is 0.0223. The van der Waals surface area contributed by atoms with Crippen LogP contribution < -0.4 is 5.32 Å². The third-order valence-electron chi connectivity index (χ3n) is 4.11. The van der Waals surface area contributed by atoms with Crippen molar-refractivity contribution in [2.45, 2.75) is 57.5 Å². The first kappa shape index (κ1) is 18.7. The molecule has 1 saturated heterocycles. The number of carbonyl (C=O) groups is 2. The van der Waals surface area contributed by atoms with Gasteiger partial charge >= 0.3 is 0 Å². The van der Waals surface area contributed by atoms with Gasteiger partial charge in [-0.25, -0.2) is 9.97 Å². The van der Waals surface area contributed by atoms with E-state index in [1.165, 1.54) is 18.7 Å². The van der Waals surface area contributed by atoms with E-state index in [0.29, 0.717) is 18.7 Å². The molecular weight excluding hydrogens is 324 g/mol. The summed E-state index contributed by atoms with van der Waals surface area (Å²) >= 11 is 1.48. The number of carbonyl (C=O) groups excluding carboxylic acids is 2. The standard InChI is InChI=1S/C17H26N4O2S/c1-10(2)15-18-11(3)14(16(20-15)24-5)17(23)21-8-6-7-13(9-21)19-12(4)22/h10,13H,6-9H2,1-5H3,(H,19,22). The number of nitrogens with zero attached hydrogens (tertiary/aromatic N) is 3. The van der Waals surface area contributed by atoms with Crippen LogP contribution in [0.25, 0.3) is 0 Å². The van der Waals surface area contributed by atoms with Crippen molar-refractivity contribution in [3.8, 4) is 0 Å². The van der Waals surface area contributed by atoms with E-state index in [9.17, 15) is 9.59 Å². The summed E-state index contributed by atoms with van der Waals surface area (Å²) in [5.74, 6) is 0.892. The maximum atomic E-state index is 13.0. The van der Waals surface area contributed by atoms with E-state index < -0.39 is 0 Å². The van der Waals surface area contributed by atoms with Gasteiger partial charge in [-0.05, 0) is 26.0 Å². The number of hydrogen-bond acceptors (Lipinski definition) is 5. The van der Waals surface area contributed by atoms with Crippen molar-refractivity contribution in [3.05, 3.63) is 17.1 Å². The third kappa shape index (κ3) is 4.26. The minimum Gasteiger partial charge on any atom is -0.352 e. The lowest BCUT2D eigenvalue weighted by Crippen LogP contribution is -2.49. The van der Waals surface area contributed by atoms with Crippen LogP contribution in [0.1, 0.15) is 61.4 Å². The molecule has 0 saturated carbocycles. The van der Waals surface area contributed by atoms with Gasteiger partial charge in [-0.3, -0.25) is 9.59 Å². The lowest BCUT2D eigenvalue weighted by atomic mass is 10.0. The molecule has 132 valence electrons. The highest BCUT2D eigenvalue weighted by atomic mass is 32.2. The fourth-order valence-electron chi connectivity index (χ4n) is 2.94. The normalized spacial score (nSPS) is 17.9. The summed E-state index contributed by atoms with van der Waals surface area (Å²) in [4.78, 5) is 35.2. The number of thioether (sulfide) groups is 1. The first-order valence-corrected chi connectivity index (χ1v) is 9.54. The van der Waals surface area contributed by atoms with Crippen molar-refractivity contribution in [1.29, 1.82) is 0 Å². The molecule has 1 aromatic heterocycles. The average Bonchev–Trinajstić information content (AvgIpc) is 2.52. The van der Waals surface area contributed by atoms with Crippen molar-refractivity contribution in [2.24, 2.45) is 0 Å². The SMILES string of the molecule is CSc1nc(C(C)C)nc(C)c1C(=O)N1CCCC(NC(C)=O)C1. The second-order valence-electron chi connectivity index (χ2n) is 6.50. The quantitative estimate of drug-likeness (QED) is 0.666. The summed E-state index contributed by atoms with van der Waals surface area (Å²) in [6.45, 7) is 8.71. The van der Waals surface area contributed by atoms with Crippen LogP contribution >= 0.6 is 11.8 Å². The summed E-state index contributed by atoms with van der Waals surface area (Å²) in [6, 6.07) is 0.0223. The maximum absolute atomic E-state index is 13.0. The van der Waals surface area contributed by atoms with Crippen molar-refractivity contribution >= 4 is 23.6 Å². The van der Waals surface area contributed by atoms with Crippen molar-refractivity contribution in [3.63, 3.8) is 0 Å². The Hall–Kier alpha value is -1.63. The molecule has 2 rings (SSSR count). The summed E-state index contributed by atoms with van der Waals surface area (Å²) in [5.41, 5.74) is 1.32. The topological polar surface area (TPSA) is 75.2 Å². The van der Waals surface area contributed by atoms with Crippen LogP contribution in [0.5, 0.6) is 0 Å². The number of nitrogens with one attached hydrogen (secondary N) is 1. The summed E-state index contributed by atoms with van der Waals surface area (Å²) < 4.78 is 0. The first-order valence-electron chi connectivity index (χ1n) is 8.32. The molecule has 0 aromatic carbocycles. The van der Waals surface area contributed by atoms with Gasteiger partial charge in [0, 0.05) is 32.0 Å². The molecule has 2 heterocycles. The number of piperidine rings is 1. The van der Waals surface area contributed by atoms with Crippen molar-refractivity contribution in [1.82, 2.24) is 20.2 Å². The van der Waals surface area contributed by atoms with Crippen LogP contribution in [0.4, 0.5) is 0 Å². The lowest BCUT2D eigenvalue weighted by Gasteiger charge is -2.33. The van der Waals surface area contributed by atoms with Crippen LogP contribution in [0.2, 0.25) is 0 Å². The molecule has 1 aliphatic rings. The third-order valence-corrected chi connectivity index (χ3v) is 4.80. The second kappa shape index (κ2) is 7.96. The van der Waals surface area contributed by atoms with Crippen LogP contribution in [-0.4, -0.2) is 52.1 Å². The van der Waals surface area contributed by atoms with Gasteiger partial charge in [0.2, 0.25) is 5.91 Å². The van der Waals surface area contributed by atoms with Crippen LogP contribution in [-0.2, 0) is 4.79 Å². The van der Waals surface area contributed by atoms with Crippen molar-refractivity contribution in [2.75, 3.05) is 19.3 Å². The zero-order valence-corrected chi connectivity index (χ0v) is 15.9. The highest BCUT2D eigenvalue weighted by Gasteiger charge is 2.28. The molecule has 24 heavy (non-hydrogen) atoms. The molecule has 1 atom stereocenters. The van der Waals surface area contributed by atoms with E-state index in [1.807, 2.05) is 31.9 Å². The zero-order valence-electron chi connectivity index (χ0n) is 15.0. The fourth-order valence-corrected chi connectivity index (χ4v) is 3.57. The number of rotatable bonds is 4. The number of aromatic nitrogens is 2. The number of amides is 2. The lowest BCUT2D eigenvalue weighted by molar-refractivity contribution is -0.120. The van der Waals surface area contributed by atoms with E-state index in [-0.39, 0.29) is 23.8 Å². The summed E-state index contributed by atoms with van der Waals surface area (Å²) in [7, 11) is 0. The number of aryl methyl sites for hydroxylation is 1. The maximum Gasteiger partial charge on any atom is 0.258 e. The fraction of sp³-hybridized carbons (Fsp3) is 0.647. The van der Waals surface area contributed by atoms with E-state index in [4.69, 9.17) is 0 Å². The smallest absolute Gasteiger partial charge is 0.258 e. The Balaban J connectivity index is 2.27. The van der Waals surface area contributed by atoms with E-state index in [1.54, 1.807) is 0 Å². The van der Waals surface area contributed by atoms with Gasteiger partial charge < -0.3 is 10.2 Å².